The summed E-state index contributed by atoms with van der Waals surface area (Å²) in [6.07, 6.45) is -0.314. The molecule has 0 saturated carbocycles. The fourth-order valence-electron chi connectivity index (χ4n) is 2.25. The molecule has 0 radical (unpaired) electrons. The van der Waals surface area contributed by atoms with E-state index in [0.29, 0.717) is 37.4 Å². The number of hydrogen-bond donors (Lipinski definition) is 2. The van der Waals surface area contributed by atoms with Gasteiger partial charge in [-0.05, 0) is 25.5 Å². The molecule has 1 aliphatic heterocycles. The van der Waals surface area contributed by atoms with Crippen molar-refractivity contribution >= 4 is 12.0 Å². The second-order valence-electron chi connectivity index (χ2n) is 4.62. The summed E-state index contributed by atoms with van der Waals surface area (Å²) in [6.45, 7) is 3.13. The van der Waals surface area contributed by atoms with Crippen LogP contribution in [0.5, 0.6) is 5.75 Å². The molecule has 108 valence electrons. The van der Waals surface area contributed by atoms with E-state index >= 15 is 0 Å². The predicted molar refractivity (Wildman–Crippen MR) is 73.1 cm³/mol. The molecule has 0 bridgehead atoms. The zero-order chi connectivity index (χ0) is 14.5. The topological polar surface area (TPSA) is 78.9 Å². The van der Waals surface area contributed by atoms with Gasteiger partial charge in [0.05, 0.1) is 12.2 Å². The Morgan fingerprint density at radius 2 is 2.20 bits per heavy atom. The van der Waals surface area contributed by atoms with Crippen molar-refractivity contribution in [1.29, 1.82) is 0 Å². The molecule has 6 heteroatoms. The number of likely N-dealkylation sites (tertiary alicyclic amines) is 1. The SMILES string of the molecule is CCOc1ccccc1C(=O)NC1CCN(C(=O)O)C1. The third kappa shape index (κ3) is 3.20. The average molecular weight is 278 g/mol. The van der Waals surface area contributed by atoms with Crippen LogP contribution in [-0.4, -0.2) is 47.7 Å². The maximum Gasteiger partial charge on any atom is 0.407 e. The van der Waals surface area contributed by atoms with E-state index in [1.807, 2.05) is 13.0 Å². The lowest BCUT2D eigenvalue weighted by atomic mass is 10.1. The van der Waals surface area contributed by atoms with E-state index in [9.17, 15) is 9.59 Å². The fraction of sp³-hybridized carbons (Fsp3) is 0.429. The van der Waals surface area contributed by atoms with Crippen LogP contribution in [0.4, 0.5) is 4.79 Å². The fourth-order valence-corrected chi connectivity index (χ4v) is 2.25. The van der Waals surface area contributed by atoms with Crippen LogP contribution in [0, 0.1) is 0 Å². The van der Waals surface area contributed by atoms with Gasteiger partial charge in [-0.1, -0.05) is 12.1 Å². The zero-order valence-electron chi connectivity index (χ0n) is 11.3. The van der Waals surface area contributed by atoms with Crippen molar-refractivity contribution in [3.63, 3.8) is 0 Å². The number of carboxylic acid groups (broad SMARTS) is 1. The van der Waals surface area contributed by atoms with Crippen molar-refractivity contribution in [2.24, 2.45) is 0 Å². The van der Waals surface area contributed by atoms with Crippen LogP contribution in [0.2, 0.25) is 0 Å². The van der Waals surface area contributed by atoms with Crippen LogP contribution in [0.25, 0.3) is 0 Å². The minimum absolute atomic E-state index is 0.145. The minimum atomic E-state index is -0.948. The Hall–Kier alpha value is -2.24. The summed E-state index contributed by atoms with van der Waals surface area (Å²) in [5.41, 5.74) is 0.475. The Balaban J connectivity index is 2.01. The summed E-state index contributed by atoms with van der Waals surface area (Å²) >= 11 is 0. The van der Waals surface area contributed by atoms with Gasteiger partial charge in [0.25, 0.3) is 5.91 Å². The summed E-state index contributed by atoms with van der Waals surface area (Å²) in [5, 5.41) is 11.7. The quantitative estimate of drug-likeness (QED) is 0.876. The molecular weight excluding hydrogens is 260 g/mol. The van der Waals surface area contributed by atoms with Gasteiger partial charge in [-0.25, -0.2) is 4.79 Å². The highest BCUT2D eigenvalue weighted by atomic mass is 16.5. The largest absolute Gasteiger partial charge is 0.493 e. The molecule has 2 rings (SSSR count). The third-order valence-electron chi connectivity index (χ3n) is 3.23. The molecule has 2 amide bonds. The van der Waals surface area contributed by atoms with Crippen molar-refractivity contribution in [1.82, 2.24) is 10.2 Å². The number of carbonyl (C=O) groups excluding carboxylic acids is 1. The van der Waals surface area contributed by atoms with Gasteiger partial charge in [0.1, 0.15) is 5.75 Å². The Kier molecular flexibility index (Phi) is 4.45. The Morgan fingerprint density at radius 3 is 2.85 bits per heavy atom. The van der Waals surface area contributed by atoms with Gasteiger partial charge in [-0.3, -0.25) is 4.79 Å². The number of nitrogens with one attached hydrogen (secondary N) is 1. The maximum absolute atomic E-state index is 12.2. The number of rotatable bonds is 4. The predicted octanol–water partition coefficient (Wildman–Crippen LogP) is 1.57. The van der Waals surface area contributed by atoms with Gasteiger partial charge in [0.2, 0.25) is 0 Å². The van der Waals surface area contributed by atoms with Crippen molar-refractivity contribution in [3.8, 4) is 5.75 Å². The molecule has 1 saturated heterocycles. The molecule has 1 aliphatic rings. The minimum Gasteiger partial charge on any atom is -0.493 e. The lowest BCUT2D eigenvalue weighted by molar-refractivity contribution is 0.0932. The van der Waals surface area contributed by atoms with Crippen molar-refractivity contribution in [2.75, 3.05) is 19.7 Å². The maximum atomic E-state index is 12.2. The van der Waals surface area contributed by atoms with Crippen molar-refractivity contribution in [2.45, 2.75) is 19.4 Å². The van der Waals surface area contributed by atoms with Gasteiger partial charge in [-0.15, -0.1) is 0 Å². The molecule has 1 unspecified atom stereocenters. The summed E-state index contributed by atoms with van der Waals surface area (Å²) in [4.78, 5) is 24.4. The molecule has 1 atom stereocenters. The van der Waals surface area contributed by atoms with E-state index in [4.69, 9.17) is 9.84 Å². The highest BCUT2D eigenvalue weighted by Crippen LogP contribution is 2.18. The highest BCUT2D eigenvalue weighted by molar-refractivity contribution is 5.97. The number of para-hydroxylation sites is 1. The molecular formula is C14H18N2O4. The smallest absolute Gasteiger partial charge is 0.407 e. The summed E-state index contributed by atoms with van der Waals surface area (Å²) in [6, 6.07) is 6.88. The summed E-state index contributed by atoms with van der Waals surface area (Å²) in [7, 11) is 0. The molecule has 1 heterocycles. The second-order valence-corrected chi connectivity index (χ2v) is 4.62. The third-order valence-corrected chi connectivity index (χ3v) is 3.23. The number of benzene rings is 1. The first-order valence-electron chi connectivity index (χ1n) is 6.62. The van der Waals surface area contributed by atoms with Crippen LogP contribution in [0.15, 0.2) is 24.3 Å². The summed E-state index contributed by atoms with van der Waals surface area (Å²) < 4.78 is 5.42. The number of ether oxygens (including phenoxy) is 1. The van der Waals surface area contributed by atoms with E-state index in [1.54, 1.807) is 18.2 Å². The van der Waals surface area contributed by atoms with Crippen molar-refractivity contribution < 1.29 is 19.4 Å². The molecule has 20 heavy (non-hydrogen) atoms. The first kappa shape index (κ1) is 14.2. The van der Waals surface area contributed by atoms with E-state index in [2.05, 4.69) is 5.32 Å². The lowest BCUT2D eigenvalue weighted by Gasteiger charge is -2.15. The van der Waals surface area contributed by atoms with Gasteiger partial charge in [0.15, 0.2) is 0 Å². The van der Waals surface area contributed by atoms with E-state index in [1.165, 1.54) is 4.90 Å². The highest BCUT2D eigenvalue weighted by Gasteiger charge is 2.27. The van der Waals surface area contributed by atoms with Crippen LogP contribution >= 0.6 is 0 Å². The Labute approximate surface area is 117 Å². The van der Waals surface area contributed by atoms with Gasteiger partial charge < -0.3 is 20.1 Å². The van der Waals surface area contributed by atoms with Crippen molar-refractivity contribution in [3.05, 3.63) is 29.8 Å². The Morgan fingerprint density at radius 1 is 1.45 bits per heavy atom. The average Bonchev–Trinajstić information content (AvgIpc) is 2.88. The molecule has 1 aromatic carbocycles. The van der Waals surface area contributed by atoms with E-state index in [0.717, 1.165) is 0 Å². The first-order valence-corrected chi connectivity index (χ1v) is 6.62. The first-order chi connectivity index (χ1) is 9.61. The molecule has 0 aromatic heterocycles. The van der Waals surface area contributed by atoms with Crippen LogP contribution in [0.3, 0.4) is 0 Å². The molecule has 1 fully saturated rings. The number of hydrogen-bond acceptors (Lipinski definition) is 3. The lowest BCUT2D eigenvalue weighted by Crippen LogP contribution is -2.38. The normalized spacial score (nSPS) is 17.9. The van der Waals surface area contributed by atoms with Crippen LogP contribution in [0.1, 0.15) is 23.7 Å². The molecule has 2 N–H and O–H groups in total. The monoisotopic (exact) mass is 278 g/mol. The molecule has 0 spiro atoms. The second kappa shape index (κ2) is 6.27. The number of amides is 2. The number of nitrogens with zero attached hydrogens (tertiary/aromatic N) is 1. The van der Waals surface area contributed by atoms with Gasteiger partial charge >= 0.3 is 6.09 Å². The summed E-state index contributed by atoms with van der Waals surface area (Å²) in [5.74, 6) is 0.312. The zero-order valence-corrected chi connectivity index (χ0v) is 11.3. The number of carbonyl (C=O) groups is 2. The standard InChI is InChI=1S/C14H18N2O4/c1-2-20-12-6-4-3-5-11(12)13(17)15-10-7-8-16(9-10)14(18)19/h3-6,10H,2,7-9H2,1H3,(H,15,17)(H,18,19). The van der Waals surface area contributed by atoms with Crippen LogP contribution < -0.4 is 10.1 Å². The molecule has 1 aromatic rings. The van der Waals surface area contributed by atoms with Crippen LogP contribution in [-0.2, 0) is 0 Å². The van der Waals surface area contributed by atoms with Gasteiger partial charge in [0, 0.05) is 19.1 Å². The van der Waals surface area contributed by atoms with E-state index in [-0.39, 0.29) is 11.9 Å². The van der Waals surface area contributed by atoms with E-state index < -0.39 is 6.09 Å². The molecule has 6 nitrogen and oxygen atoms in total. The van der Waals surface area contributed by atoms with Gasteiger partial charge in [-0.2, -0.15) is 0 Å². The molecule has 0 aliphatic carbocycles. The Bertz CT molecular complexity index is 504.